The molecular formula is C20H28N4O. The molecule has 1 aliphatic heterocycles. The molecule has 0 unspecified atom stereocenters. The molecule has 1 aliphatic rings. The zero-order chi connectivity index (χ0) is 17.5. The Bertz CT molecular complexity index is 633. The molecule has 3 rings (SSSR count). The van der Waals surface area contributed by atoms with E-state index in [2.05, 4.69) is 57.7 Å². The fourth-order valence-electron chi connectivity index (χ4n) is 3.62. The Hall–Kier alpha value is -2.14. The first kappa shape index (κ1) is 17.7. The first-order valence-corrected chi connectivity index (χ1v) is 9.29. The highest BCUT2D eigenvalue weighted by molar-refractivity contribution is 5.78. The molecule has 0 saturated carbocycles. The largest absolute Gasteiger partial charge is 0.354 e. The highest BCUT2D eigenvalue weighted by Crippen LogP contribution is 2.26. The van der Waals surface area contributed by atoms with Gasteiger partial charge in [-0.1, -0.05) is 37.3 Å². The number of likely N-dealkylation sites (tertiary alicyclic amines) is 1. The molecule has 0 spiro atoms. The minimum absolute atomic E-state index is 0.134. The summed E-state index contributed by atoms with van der Waals surface area (Å²) in [6.45, 7) is 5.31. The van der Waals surface area contributed by atoms with Crippen molar-refractivity contribution < 1.29 is 4.79 Å². The molecule has 1 saturated heterocycles. The normalized spacial score (nSPS) is 17.3. The van der Waals surface area contributed by atoms with Crippen molar-refractivity contribution in [1.82, 2.24) is 20.4 Å². The lowest BCUT2D eigenvalue weighted by Crippen LogP contribution is -2.42. The van der Waals surface area contributed by atoms with Crippen molar-refractivity contribution >= 4 is 5.91 Å². The van der Waals surface area contributed by atoms with E-state index in [0.717, 1.165) is 32.4 Å². The van der Waals surface area contributed by atoms with E-state index in [9.17, 15) is 4.79 Å². The van der Waals surface area contributed by atoms with Gasteiger partial charge in [0.1, 0.15) is 0 Å². The number of carbonyl (C=O) groups is 1. The zero-order valence-corrected chi connectivity index (χ0v) is 14.9. The van der Waals surface area contributed by atoms with Crippen LogP contribution in [0.5, 0.6) is 0 Å². The van der Waals surface area contributed by atoms with Gasteiger partial charge in [-0.25, -0.2) is 0 Å². The van der Waals surface area contributed by atoms with E-state index in [4.69, 9.17) is 0 Å². The van der Waals surface area contributed by atoms with Crippen molar-refractivity contribution in [2.24, 2.45) is 0 Å². The number of aromatic amines is 1. The van der Waals surface area contributed by atoms with E-state index in [1.807, 2.05) is 12.3 Å². The van der Waals surface area contributed by atoms with E-state index >= 15 is 0 Å². The average Bonchev–Trinajstić information content (AvgIpc) is 3.18. The first-order valence-electron chi connectivity index (χ1n) is 9.29. The standard InChI is InChI=1S/C20H28N4O/c1-2-16(17-6-4-3-5-7-17)14-21-20(25)15-24-12-9-18(10-13-24)19-8-11-22-23-19/h3-8,11,16,18H,2,9-10,12-15H2,1H3,(H,21,25)(H,22,23)/t16-/m0/s1. The quantitative estimate of drug-likeness (QED) is 0.815. The lowest BCUT2D eigenvalue weighted by Gasteiger charge is -2.31. The number of nitrogens with one attached hydrogen (secondary N) is 2. The minimum Gasteiger partial charge on any atom is -0.354 e. The zero-order valence-electron chi connectivity index (χ0n) is 14.9. The predicted octanol–water partition coefficient (Wildman–Crippen LogP) is 2.90. The second-order valence-electron chi connectivity index (χ2n) is 6.88. The van der Waals surface area contributed by atoms with Crippen molar-refractivity contribution in [3.63, 3.8) is 0 Å². The fourth-order valence-corrected chi connectivity index (χ4v) is 3.62. The van der Waals surface area contributed by atoms with Crippen LogP contribution in [0.2, 0.25) is 0 Å². The average molecular weight is 340 g/mol. The van der Waals surface area contributed by atoms with Crippen LogP contribution in [0.25, 0.3) is 0 Å². The van der Waals surface area contributed by atoms with Gasteiger partial charge in [0.25, 0.3) is 0 Å². The van der Waals surface area contributed by atoms with Crippen molar-refractivity contribution in [1.29, 1.82) is 0 Å². The van der Waals surface area contributed by atoms with Gasteiger partial charge in [-0.15, -0.1) is 0 Å². The van der Waals surface area contributed by atoms with Crippen LogP contribution in [-0.4, -0.2) is 47.2 Å². The van der Waals surface area contributed by atoms with Crippen LogP contribution >= 0.6 is 0 Å². The van der Waals surface area contributed by atoms with Crippen molar-refractivity contribution in [2.75, 3.05) is 26.2 Å². The fraction of sp³-hybridized carbons (Fsp3) is 0.500. The summed E-state index contributed by atoms with van der Waals surface area (Å²) >= 11 is 0. The smallest absolute Gasteiger partial charge is 0.234 e. The molecule has 2 heterocycles. The van der Waals surface area contributed by atoms with Crippen molar-refractivity contribution in [2.45, 2.75) is 38.0 Å². The lowest BCUT2D eigenvalue weighted by atomic mass is 9.94. The summed E-state index contributed by atoms with van der Waals surface area (Å²) in [4.78, 5) is 14.6. The monoisotopic (exact) mass is 340 g/mol. The molecule has 1 fully saturated rings. The molecule has 0 bridgehead atoms. The first-order chi connectivity index (χ1) is 12.3. The predicted molar refractivity (Wildman–Crippen MR) is 99.5 cm³/mol. The Balaban J connectivity index is 1.41. The SMILES string of the molecule is CC[C@@H](CNC(=O)CN1CCC(c2ccn[nH]2)CC1)c1ccccc1. The summed E-state index contributed by atoms with van der Waals surface area (Å²) in [6.07, 6.45) is 5.00. The highest BCUT2D eigenvalue weighted by Gasteiger charge is 2.23. The third kappa shape index (κ3) is 4.92. The summed E-state index contributed by atoms with van der Waals surface area (Å²) < 4.78 is 0. The Kier molecular flexibility index (Phi) is 6.23. The highest BCUT2D eigenvalue weighted by atomic mass is 16.2. The molecule has 1 aromatic heterocycles. The second-order valence-corrected chi connectivity index (χ2v) is 6.88. The molecule has 0 radical (unpaired) electrons. The summed E-state index contributed by atoms with van der Waals surface area (Å²) in [5, 5.41) is 10.2. The van der Waals surface area contributed by atoms with Gasteiger partial charge in [0, 0.05) is 30.3 Å². The Morgan fingerprint density at radius 1 is 1.28 bits per heavy atom. The molecule has 0 aliphatic carbocycles. The molecule has 2 N–H and O–H groups in total. The third-order valence-corrected chi connectivity index (χ3v) is 5.23. The van der Waals surface area contributed by atoms with Crippen molar-refractivity contribution in [3.8, 4) is 0 Å². The van der Waals surface area contributed by atoms with Gasteiger partial charge >= 0.3 is 0 Å². The van der Waals surface area contributed by atoms with E-state index < -0.39 is 0 Å². The molecule has 5 heteroatoms. The summed E-state index contributed by atoms with van der Waals surface area (Å²) in [7, 11) is 0. The van der Waals surface area contributed by atoms with Crippen molar-refractivity contribution in [3.05, 3.63) is 53.9 Å². The molecule has 1 atom stereocenters. The molecule has 1 amide bonds. The second kappa shape index (κ2) is 8.81. The number of carbonyl (C=O) groups excluding carboxylic acids is 1. The van der Waals surface area contributed by atoms with Gasteiger partial charge in [-0.3, -0.25) is 14.8 Å². The number of hydrogen-bond acceptors (Lipinski definition) is 3. The van der Waals surface area contributed by atoms with Gasteiger partial charge in [0.2, 0.25) is 5.91 Å². The molecule has 25 heavy (non-hydrogen) atoms. The molecule has 1 aromatic carbocycles. The summed E-state index contributed by atoms with van der Waals surface area (Å²) in [6, 6.07) is 12.5. The van der Waals surface area contributed by atoms with E-state index in [1.54, 1.807) is 0 Å². The number of benzene rings is 1. The van der Waals surface area contributed by atoms with Crippen LogP contribution in [-0.2, 0) is 4.79 Å². The van der Waals surface area contributed by atoms with Gasteiger partial charge in [0.15, 0.2) is 0 Å². The summed E-state index contributed by atoms with van der Waals surface area (Å²) in [5.41, 5.74) is 2.52. The molecule has 134 valence electrons. The summed E-state index contributed by atoms with van der Waals surface area (Å²) in [5.74, 6) is 1.06. The topological polar surface area (TPSA) is 61.0 Å². The van der Waals surface area contributed by atoms with E-state index in [-0.39, 0.29) is 5.91 Å². The van der Waals surface area contributed by atoms with Crippen LogP contribution in [0.1, 0.15) is 49.3 Å². The van der Waals surface area contributed by atoms with Crippen LogP contribution in [0, 0.1) is 0 Å². The van der Waals surface area contributed by atoms with Gasteiger partial charge < -0.3 is 5.32 Å². The van der Waals surface area contributed by atoms with Crippen LogP contribution < -0.4 is 5.32 Å². The number of piperidine rings is 1. The Labute approximate surface area is 149 Å². The van der Waals surface area contributed by atoms with Gasteiger partial charge in [0.05, 0.1) is 6.54 Å². The molecule has 2 aromatic rings. The van der Waals surface area contributed by atoms with Crippen LogP contribution in [0.4, 0.5) is 0 Å². The number of hydrogen-bond donors (Lipinski definition) is 2. The number of amides is 1. The van der Waals surface area contributed by atoms with E-state index in [0.29, 0.717) is 24.9 Å². The third-order valence-electron chi connectivity index (χ3n) is 5.23. The minimum atomic E-state index is 0.134. The van der Waals surface area contributed by atoms with Crippen LogP contribution in [0.15, 0.2) is 42.6 Å². The number of aromatic nitrogens is 2. The Morgan fingerprint density at radius 2 is 2.04 bits per heavy atom. The number of rotatable bonds is 7. The maximum absolute atomic E-state index is 12.3. The molecule has 5 nitrogen and oxygen atoms in total. The van der Waals surface area contributed by atoms with Crippen LogP contribution in [0.3, 0.4) is 0 Å². The number of H-pyrrole nitrogens is 1. The Morgan fingerprint density at radius 3 is 2.68 bits per heavy atom. The number of nitrogens with zero attached hydrogens (tertiary/aromatic N) is 2. The van der Waals surface area contributed by atoms with Gasteiger partial charge in [-0.05, 0) is 44.0 Å². The van der Waals surface area contributed by atoms with E-state index in [1.165, 1.54) is 11.3 Å². The lowest BCUT2D eigenvalue weighted by molar-refractivity contribution is -0.122. The maximum atomic E-state index is 12.3. The molecular weight excluding hydrogens is 312 g/mol. The van der Waals surface area contributed by atoms with Gasteiger partial charge in [-0.2, -0.15) is 5.10 Å². The maximum Gasteiger partial charge on any atom is 0.234 e.